The minimum atomic E-state index is -3.71. The van der Waals surface area contributed by atoms with E-state index < -0.39 is 36.6 Å². The van der Waals surface area contributed by atoms with Crippen molar-refractivity contribution in [1.82, 2.24) is 5.32 Å². The van der Waals surface area contributed by atoms with Crippen molar-refractivity contribution >= 4 is 17.8 Å². The summed E-state index contributed by atoms with van der Waals surface area (Å²) in [7, 11) is 0. The number of carboxylic acids is 2. The van der Waals surface area contributed by atoms with Crippen LogP contribution in [0.25, 0.3) is 0 Å². The Morgan fingerprint density at radius 1 is 1.54 bits per heavy atom. The molecule has 0 saturated carbocycles. The minimum absolute atomic E-state index is 0.790. The molecule has 0 spiro atoms. The van der Waals surface area contributed by atoms with Gasteiger partial charge in [0.2, 0.25) is 5.91 Å². The fraction of sp³-hybridized carbons (Fsp3) is 0.571. The molecule has 0 unspecified atom stereocenters. The van der Waals surface area contributed by atoms with Crippen molar-refractivity contribution in [2.45, 2.75) is 25.7 Å². The van der Waals surface area contributed by atoms with Gasteiger partial charge < -0.3 is 15.5 Å². The minimum Gasteiger partial charge on any atom is -0.481 e. The Balaban J connectivity index is 5.84. The van der Waals surface area contributed by atoms with Crippen LogP contribution >= 0.6 is 0 Å². The zero-order valence-electron chi connectivity index (χ0n) is 11.6. The number of aliphatic carboxylic acids is 2. The van der Waals surface area contributed by atoms with Gasteiger partial charge in [-0.3, -0.25) is 9.59 Å². The zero-order valence-corrected chi connectivity index (χ0v) is 6.62. The summed E-state index contributed by atoms with van der Waals surface area (Å²) in [6, 6.07) is -3.47. The summed E-state index contributed by atoms with van der Waals surface area (Å²) in [4.78, 5) is 32.3. The Hall–Kier alpha value is -1.59. The zero-order chi connectivity index (χ0) is 14.9. The average molecular weight is 194 g/mol. The Morgan fingerprint density at radius 3 is 2.38 bits per heavy atom. The quantitative estimate of drug-likeness (QED) is 0.544. The van der Waals surface area contributed by atoms with E-state index in [1.54, 1.807) is 0 Å². The second-order valence-electron chi connectivity index (χ2n) is 1.92. The maximum absolute atomic E-state index is 10.9. The first-order chi connectivity index (χ1) is 7.80. The second-order valence-corrected chi connectivity index (χ2v) is 1.92. The highest BCUT2D eigenvalue weighted by Crippen LogP contribution is 1.97. The molecule has 13 heavy (non-hydrogen) atoms. The Kier molecular flexibility index (Phi) is 2.05. The lowest BCUT2D eigenvalue weighted by atomic mass is 10.1. The van der Waals surface area contributed by atoms with Crippen LogP contribution < -0.4 is 5.32 Å². The number of amides is 1. The number of carbonyl (C=O) groups is 3. The van der Waals surface area contributed by atoms with Crippen molar-refractivity contribution < 1.29 is 31.5 Å². The molecule has 1 amide bonds. The van der Waals surface area contributed by atoms with Crippen LogP contribution in [0, 0.1) is 0 Å². The molecule has 0 aromatic rings. The molecule has 0 aliphatic rings. The first-order valence-corrected chi connectivity index (χ1v) is 3.06. The standard InChI is InChI=1S/C7H11NO5/c1-4(9)8-5(7(12)13)2-3-6(10)11/h5H,2-3H2,1H3,(H,8,9)(H,10,11)(H,12,13)/t5-/m0/s1/i2D2,3D2,5D. The van der Waals surface area contributed by atoms with Crippen LogP contribution in [0.1, 0.15) is 26.5 Å². The van der Waals surface area contributed by atoms with Crippen molar-refractivity contribution in [2.75, 3.05) is 0 Å². The summed E-state index contributed by atoms with van der Waals surface area (Å²) in [6.07, 6.45) is -7.39. The van der Waals surface area contributed by atoms with Gasteiger partial charge in [0, 0.05) is 18.8 Å². The number of hydrogen-bond donors (Lipinski definition) is 3. The number of rotatable bonds is 5. The van der Waals surface area contributed by atoms with E-state index in [2.05, 4.69) is 0 Å². The molecule has 6 nitrogen and oxygen atoms in total. The number of carbonyl (C=O) groups excluding carboxylic acids is 1. The lowest BCUT2D eigenvalue weighted by molar-refractivity contribution is -0.142. The van der Waals surface area contributed by atoms with Gasteiger partial charge in [0.05, 0.1) is 1.37 Å². The first kappa shape index (κ1) is 5.21. The third-order valence-electron chi connectivity index (χ3n) is 0.809. The Labute approximate surface area is 81.6 Å². The molecule has 0 rings (SSSR count). The SMILES string of the molecule is [2H]C([2H])(C(=O)O)C([2H])([2H])[C@]([2H])(NC(C)=O)C(=O)O. The van der Waals surface area contributed by atoms with Crippen molar-refractivity contribution in [1.29, 1.82) is 0 Å². The summed E-state index contributed by atoms with van der Waals surface area (Å²) in [5.41, 5.74) is 0. The van der Waals surface area contributed by atoms with E-state index in [0.717, 1.165) is 6.92 Å². The lowest BCUT2D eigenvalue weighted by Gasteiger charge is -2.10. The average Bonchev–Trinajstić information content (AvgIpc) is 2.15. The van der Waals surface area contributed by atoms with Crippen LogP contribution in [0.4, 0.5) is 0 Å². The third-order valence-corrected chi connectivity index (χ3v) is 0.809. The van der Waals surface area contributed by atoms with E-state index in [1.165, 1.54) is 5.32 Å². The van der Waals surface area contributed by atoms with Crippen LogP contribution in [0.5, 0.6) is 0 Å². The van der Waals surface area contributed by atoms with E-state index in [4.69, 9.17) is 17.1 Å². The van der Waals surface area contributed by atoms with Gasteiger partial charge in [0.15, 0.2) is 0 Å². The van der Waals surface area contributed by atoms with Gasteiger partial charge in [0.25, 0.3) is 0 Å². The number of hydrogen-bond acceptors (Lipinski definition) is 3. The van der Waals surface area contributed by atoms with E-state index in [-0.39, 0.29) is 0 Å². The van der Waals surface area contributed by atoms with Gasteiger partial charge in [-0.2, -0.15) is 0 Å². The highest BCUT2D eigenvalue weighted by molar-refractivity contribution is 5.82. The summed E-state index contributed by atoms with van der Waals surface area (Å²) < 4.78 is 35.9. The van der Waals surface area contributed by atoms with Gasteiger partial charge in [-0.15, -0.1) is 0 Å². The molecule has 0 heterocycles. The fourth-order valence-electron chi connectivity index (χ4n) is 0.430. The van der Waals surface area contributed by atoms with Crippen molar-refractivity contribution in [2.24, 2.45) is 0 Å². The van der Waals surface area contributed by atoms with Gasteiger partial charge >= 0.3 is 11.9 Å². The Bertz CT molecular complexity index is 398. The fourth-order valence-corrected chi connectivity index (χ4v) is 0.430. The summed E-state index contributed by atoms with van der Waals surface area (Å²) in [5.74, 6) is -5.61. The summed E-state index contributed by atoms with van der Waals surface area (Å²) in [5, 5.41) is 18.7. The predicted octanol–water partition coefficient (Wildman–Crippen LogP) is -0.560. The van der Waals surface area contributed by atoms with Gasteiger partial charge in [-0.25, -0.2) is 4.79 Å². The molecule has 0 saturated heterocycles. The number of nitrogens with one attached hydrogen (secondary N) is 1. The van der Waals surface area contributed by atoms with Gasteiger partial charge in [0.1, 0.15) is 6.02 Å². The molecule has 6 heteroatoms. The second kappa shape index (κ2) is 5.13. The monoisotopic (exact) mass is 194 g/mol. The maximum atomic E-state index is 10.9. The molecule has 0 fully saturated rings. The van der Waals surface area contributed by atoms with Crippen LogP contribution in [0.2, 0.25) is 0 Å². The maximum Gasteiger partial charge on any atom is 0.326 e. The molecule has 74 valence electrons. The highest BCUT2D eigenvalue weighted by Gasteiger charge is 2.18. The van der Waals surface area contributed by atoms with E-state index in [1.807, 2.05) is 0 Å². The van der Waals surface area contributed by atoms with Crippen molar-refractivity contribution in [3.05, 3.63) is 0 Å². The molecule has 3 N–H and O–H groups in total. The van der Waals surface area contributed by atoms with Crippen molar-refractivity contribution in [3.8, 4) is 0 Å². The first-order valence-electron chi connectivity index (χ1n) is 5.56. The molecule has 0 aromatic carbocycles. The van der Waals surface area contributed by atoms with Gasteiger partial charge in [-0.05, 0) is 6.37 Å². The summed E-state index contributed by atoms with van der Waals surface area (Å²) >= 11 is 0. The third kappa shape index (κ3) is 5.66. The number of carboxylic acid groups (broad SMARTS) is 2. The predicted molar refractivity (Wildman–Crippen MR) is 42.1 cm³/mol. The van der Waals surface area contributed by atoms with E-state index in [9.17, 15) is 14.4 Å². The van der Waals surface area contributed by atoms with Crippen molar-refractivity contribution in [3.63, 3.8) is 0 Å². The molecular weight excluding hydrogens is 178 g/mol. The molecule has 0 aliphatic carbocycles. The normalized spacial score (nSPS) is 22.1. The smallest absolute Gasteiger partial charge is 0.326 e. The van der Waals surface area contributed by atoms with Crippen LogP contribution in [-0.4, -0.2) is 34.1 Å². The molecule has 0 bridgehead atoms. The molecule has 1 atom stereocenters. The van der Waals surface area contributed by atoms with Crippen LogP contribution in [0.15, 0.2) is 0 Å². The van der Waals surface area contributed by atoms with Gasteiger partial charge in [-0.1, -0.05) is 0 Å². The lowest BCUT2D eigenvalue weighted by Crippen LogP contribution is -2.39. The molecular formula is C7H11NO5. The van der Waals surface area contributed by atoms with E-state index >= 15 is 0 Å². The molecule has 0 aromatic heterocycles. The molecule has 0 radical (unpaired) electrons. The topological polar surface area (TPSA) is 104 Å². The largest absolute Gasteiger partial charge is 0.481 e. The molecule has 0 aliphatic heterocycles. The van der Waals surface area contributed by atoms with E-state index in [0.29, 0.717) is 0 Å². The highest BCUT2D eigenvalue weighted by atomic mass is 16.4. The van der Waals surface area contributed by atoms with Crippen LogP contribution in [0.3, 0.4) is 0 Å². The van der Waals surface area contributed by atoms with Crippen LogP contribution in [-0.2, 0) is 14.4 Å². The Morgan fingerprint density at radius 2 is 2.08 bits per heavy atom. The summed E-state index contributed by atoms with van der Waals surface area (Å²) in [6.45, 7) is 0.790.